The lowest BCUT2D eigenvalue weighted by Gasteiger charge is -2.30. The van der Waals surface area contributed by atoms with E-state index in [0.29, 0.717) is 43.4 Å². The van der Waals surface area contributed by atoms with E-state index in [1.807, 2.05) is 4.90 Å². The Morgan fingerprint density at radius 3 is 2.70 bits per heavy atom. The third-order valence-electron chi connectivity index (χ3n) is 3.78. The molecule has 3 rings (SSSR count). The molecule has 0 atom stereocenters. The molecule has 11 heteroatoms. The van der Waals surface area contributed by atoms with Gasteiger partial charge in [-0.05, 0) is 23.9 Å². The minimum absolute atomic E-state index is 0.0829. The molecule has 0 spiro atoms. The van der Waals surface area contributed by atoms with Crippen LogP contribution in [0.15, 0.2) is 32.7 Å². The van der Waals surface area contributed by atoms with E-state index in [0.717, 1.165) is 11.8 Å². The predicted molar refractivity (Wildman–Crippen MR) is 96.6 cm³/mol. The predicted octanol–water partition coefficient (Wildman–Crippen LogP) is 2.34. The third-order valence-corrected chi connectivity index (χ3v) is 4.63. The Kier molecular flexibility index (Phi) is 5.72. The Hall–Kier alpha value is -2.92. The molecule has 1 saturated heterocycles. The Balaban J connectivity index is 2.01. The van der Waals surface area contributed by atoms with Crippen LogP contribution in [0.4, 0.5) is 11.4 Å². The molecule has 0 saturated carbocycles. The molecule has 1 aromatic carbocycles. The summed E-state index contributed by atoms with van der Waals surface area (Å²) < 4.78 is 10.5. The van der Waals surface area contributed by atoms with Crippen molar-refractivity contribution < 1.29 is 24.0 Å². The summed E-state index contributed by atoms with van der Waals surface area (Å²) in [4.78, 5) is 24.2. The first kappa shape index (κ1) is 18.9. The maximum absolute atomic E-state index is 11.7. The lowest BCUT2D eigenvalue weighted by atomic mass is 10.1. The smallest absolute Gasteiger partial charge is 0.342 e. The van der Waals surface area contributed by atoms with Gasteiger partial charge in [-0.25, -0.2) is 4.79 Å². The molecule has 1 aliphatic heterocycles. The first-order valence-electron chi connectivity index (χ1n) is 7.98. The Bertz CT molecular complexity index is 891. The molecule has 0 amide bonds. The molecule has 10 nitrogen and oxygen atoms in total. The van der Waals surface area contributed by atoms with Crippen molar-refractivity contribution in [2.45, 2.75) is 12.1 Å². The topological polar surface area (TPSA) is 132 Å². The number of ether oxygens (including phenoxy) is 1. The summed E-state index contributed by atoms with van der Waals surface area (Å²) in [5.41, 5.74) is 0.999. The van der Waals surface area contributed by atoms with E-state index in [-0.39, 0.29) is 15.8 Å². The van der Waals surface area contributed by atoms with Crippen LogP contribution in [0.5, 0.6) is 0 Å². The average molecular weight is 392 g/mol. The number of hydrogen-bond donors (Lipinski definition) is 1. The van der Waals surface area contributed by atoms with Crippen LogP contribution in [-0.4, -0.2) is 52.5 Å². The number of aryl methyl sites for hydroxylation is 1. The van der Waals surface area contributed by atoms with Crippen molar-refractivity contribution in [3.8, 4) is 0 Å². The second-order valence-corrected chi connectivity index (χ2v) is 6.60. The van der Waals surface area contributed by atoms with E-state index in [1.165, 1.54) is 18.2 Å². The van der Waals surface area contributed by atoms with Crippen LogP contribution in [-0.2, 0) is 9.53 Å². The van der Waals surface area contributed by atoms with E-state index >= 15 is 0 Å². The van der Waals surface area contributed by atoms with Crippen LogP contribution < -0.4 is 4.90 Å². The Morgan fingerprint density at radius 1 is 1.37 bits per heavy atom. The van der Waals surface area contributed by atoms with Crippen molar-refractivity contribution in [1.82, 2.24) is 10.2 Å². The lowest BCUT2D eigenvalue weighted by molar-refractivity contribution is -0.384. The van der Waals surface area contributed by atoms with Gasteiger partial charge in [-0.3, -0.25) is 10.1 Å². The number of rotatable bonds is 6. The molecule has 2 heterocycles. The summed E-state index contributed by atoms with van der Waals surface area (Å²) in [7, 11) is 0. The molecule has 2 aromatic rings. The van der Waals surface area contributed by atoms with Gasteiger partial charge in [0.05, 0.1) is 18.1 Å². The van der Waals surface area contributed by atoms with E-state index < -0.39 is 10.9 Å². The number of carboxylic acids is 1. The van der Waals surface area contributed by atoms with Gasteiger partial charge < -0.3 is 19.2 Å². The second kappa shape index (κ2) is 8.18. The highest BCUT2D eigenvalue weighted by molar-refractivity contribution is 8.03. The first-order valence-corrected chi connectivity index (χ1v) is 8.80. The van der Waals surface area contributed by atoms with Crippen molar-refractivity contribution in [1.29, 1.82) is 0 Å². The van der Waals surface area contributed by atoms with Gasteiger partial charge in [0.1, 0.15) is 4.91 Å². The molecule has 142 valence electrons. The van der Waals surface area contributed by atoms with E-state index in [1.54, 1.807) is 13.0 Å². The zero-order valence-electron chi connectivity index (χ0n) is 14.3. The molecule has 27 heavy (non-hydrogen) atoms. The van der Waals surface area contributed by atoms with E-state index in [2.05, 4.69) is 10.2 Å². The van der Waals surface area contributed by atoms with E-state index in [4.69, 9.17) is 9.15 Å². The van der Waals surface area contributed by atoms with Gasteiger partial charge in [0, 0.05) is 43.4 Å². The number of nitrogens with zero attached hydrogens (tertiary/aromatic N) is 4. The fraction of sp³-hybridized carbons (Fsp3) is 0.312. The molecule has 0 unspecified atom stereocenters. The summed E-state index contributed by atoms with van der Waals surface area (Å²) >= 11 is 0.790. The van der Waals surface area contributed by atoms with Crippen molar-refractivity contribution in [2.24, 2.45) is 0 Å². The largest absolute Gasteiger partial charge is 0.477 e. The van der Waals surface area contributed by atoms with Crippen LogP contribution in [0.3, 0.4) is 0 Å². The monoisotopic (exact) mass is 392 g/mol. The number of nitro groups is 1. The molecule has 1 fully saturated rings. The number of nitro benzene ring substituents is 1. The molecular formula is C16H16N4O6S. The number of carbonyl (C=O) groups is 1. The molecule has 0 bridgehead atoms. The van der Waals surface area contributed by atoms with Gasteiger partial charge >= 0.3 is 5.97 Å². The number of non-ortho nitro benzene ring substituents is 1. The van der Waals surface area contributed by atoms with Crippen LogP contribution in [0.25, 0.3) is 6.08 Å². The summed E-state index contributed by atoms with van der Waals surface area (Å²) in [5, 5.41) is 28.2. The average Bonchev–Trinajstić information content (AvgIpc) is 3.06. The third kappa shape index (κ3) is 4.63. The van der Waals surface area contributed by atoms with Gasteiger partial charge in [-0.15, -0.1) is 10.2 Å². The van der Waals surface area contributed by atoms with E-state index in [9.17, 15) is 20.0 Å². The highest BCUT2D eigenvalue weighted by Gasteiger charge is 2.20. The van der Waals surface area contributed by atoms with Crippen molar-refractivity contribution >= 4 is 35.2 Å². The minimum Gasteiger partial charge on any atom is -0.477 e. The van der Waals surface area contributed by atoms with Crippen LogP contribution in [0.2, 0.25) is 0 Å². The van der Waals surface area contributed by atoms with Gasteiger partial charge in [0.25, 0.3) is 10.9 Å². The molecule has 1 N–H and O–H groups in total. The number of anilines is 1. The van der Waals surface area contributed by atoms with Crippen LogP contribution >= 0.6 is 11.8 Å². The van der Waals surface area contributed by atoms with Crippen molar-refractivity contribution in [3.63, 3.8) is 0 Å². The van der Waals surface area contributed by atoms with Gasteiger partial charge in [-0.1, -0.05) is 0 Å². The van der Waals surface area contributed by atoms with Gasteiger partial charge in [0.15, 0.2) is 0 Å². The zero-order chi connectivity index (χ0) is 19.4. The summed E-state index contributed by atoms with van der Waals surface area (Å²) in [6.07, 6.45) is 1.38. The normalized spacial score (nSPS) is 15.0. The molecule has 0 aliphatic carbocycles. The Labute approximate surface area is 158 Å². The fourth-order valence-corrected chi connectivity index (χ4v) is 3.26. The summed E-state index contributed by atoms with van der Waals surface area (Å²) in [5.74, 6) is -0.887. The highest BCUT2D eigenvalue weighted by Crippen LogP contribution is 2.32. The standard InChI is InChI=1S/C16H16N4O6S/c1-10-17-18-16(26-10)27-14(15(21)22)9-11-8-12(20(23)24)2-3-13(11)19-4-6-25-7-5-19/h2-3,8-9H,4-7H2,1H3,(H,21,22)/b14-9-. The lowest BCUT2D eigenvalue weighted by Crippen LogP contribution is -2.36. The second-order valence-electron chi connectivity index (χ2n) is 5.60. The molecule has 0 radical (unpaired) electrons. The number of thioether (sulfide) groups is 1. The SMILES string of the molecule is Cc1nnc(S/C(=C\c2cc([N+](=O)[O-])ccc2N2CCOCC2)C(=O)O)o1. The Morgan fingerprint density at radius 2 is 2.11 bits per heavy atom. The minimum atomic E-state index is -1.20. The van der Waals surface area contributed by atoms with Crippen molar-refractivity contribution in [3.05, 3.63) is 44.7 Å². The van der Waals surface area contributed by atoms with Crippen LogP contribution in [0.1, 0.15) is 11.5 Å². The van der Waals surface area contributed by atoms with Crippen LogP contribution in [0, 0.1) is 17.0 Å². The van der Waals surface area contributed by atoms with Gasteiger partial charge in [-0.2, -0.15) is 0 Å². The number of benzene rings is 1. The van der Waals surface area contributed by atoms with Crippen molar-refractivity contribution in [2.75, 3.05) is 31.2 Å². The van der Waals surface area contributed by atoms with Gasteiger partial charge in [0.2, 0.25) is 5.89 Å². The highest BCUT2D eigenvalue weighted by atomic mass is 32.2. The first-order chi connectivity index (χ1) is 12.9. The fourth-order valence-electron chi connectivity index (χ4n) is 2.55. The summed E-state index contributed by atoms with van der Waals surface area (Å²) in [6, 6.07) is 4.38. The molecule has 1 aromatic heterocycles. The number of hydrogen-bond acceptors (Lipinski definition) is 9. The number of morpholine rings is 1. The molecular weight excluding hydrogens is 376 g/mol. The zero-order valence-corrected chi connectivity index (χ0v) is 15.1. The quantitative estimate of drug-likeness (QED) is 0.338. The maximum Gasteiger partial charge on any atom is 0.342 e. The maximum atomic E-state index is 11.7. The molecule has 1 aliphatic rings. The summed E-state index contributed by atoms with van der Waals surface area (Å²) in [6.45, 7) is 3.87. The number of carboxylic acid groups (broad SMARTS) is 1. The number of aromatic nitrogens is 2. The number of aliphatic carboxylic acids is 1.